The second-order valence-electron chi connectivity index (χ2n) is 6.38. The van der Waals surface area contributed by atoms with Gasteiger partial charge in [0.1, 0.15) is 5.75 Å². The molecule has 1 saturated heterocycles. The Hall–Kier alpha value is -1.80. The summed E-state index contributed by atoms with van der Waals surface area (Å²) >= 11 is 0. The van der Waals surface area contributed by atoms with Crippen molar-refractivity contribution in [3.05, 3.63) is 23.3 Å². The van der Waals surface area contributed by atoms with Gasteiger partial charge in [0.05, 0.1) is 18.9 Å². The van der Waals surface area contributed by atoms with Crippen molar-refractivity contribution < 1.29 is 17.9 Å². The van der Waals surface area contributed by atoms with Gasteiger partial charge in [-0.05, 0) is 50.6 Å². The number of aryl methyl sites for hydroxylation is 1. The zero-order valence-corrected chi connectivity index (χ0v) is 16.1. The molecule has 0 aromatic heterocycles. The first-order valence-electron chi connectivity index (χ1n) is 8.43. The van der Waals surface area contributed by atoms with E-state index in [1.165, 1.54) is 13.2 Å². The summed E-state index contributed by atoms with van der Waals surface area (Å²) in [5, 5.41) is 2.96. The molecule has 2 N–H and O–H groups in total. The Kier molecular flexibility index (Phi) is 6.29. The molecule has 1 aromatic carbocycles. The Morgan fingerprint density at radius 3 is 2.72 bits per heavy atom. The molecule has 1 aromatic rings. The van der Waals surface area contributed by atoms with E-state index in [1.807, 2.05) is 0 Å². The van der Waals surface area contributed by atoms with E-state index >= 15 is 0 Å². The Bertz CT molecular complexity index is 734. The summed E-state index contributed by atoms with van der Waals surface area (Å²) in [6, 6.07) is 3.50. The molecule has 8 heteroatoms. The average molecular weight is 369 g/mol. The van der Waals surface area contributed by atoms with Crippen LogP contribution >= 0.6 is 0 Å². The number of rotatable bonds is 7. The van der Waals surface area contributed by atoms with E-state index in [0.29, 0.717) is 35.2 Å². The van der Waals surface area contributed by atoms with Gasteiger partial charge in [-0.3, -0.25) is 14.4 Å². The van der Waals surface area contributed by atoms with Gasteiger partial charge in [0.25, 0.3) is 5.91 Å². The van der Waals surface area contributed by atoms with Crippen LogP contribution in [0.1, 0.15) is 35.7 Å². The zero-order valence-electron chi connectivity index (χ0n) is 15.3. The zero-order chi connectivity index (χ0) is 18.6. The molecule has 1 unspecified atom stereocenters. The number of hydrogen-bond acceptors (Lipinski definition) is 5. The fraction of sp³-hybridized carbons (Fsp3) is 0.588. The largest absolute Gasteiger partial charge is 0.496 e. The SMILES string of the molecule is CCN1CCCC1CNC(=O)c1cc(NS(C)(=O)=O)cc(C)c1OC. The van der Waals surface area contributed by atoms with Crippen LogP contribution in [0.3, 0.4) is 0 Å². The number of carbonyl (C=O) groups is 1. The van der Waals surface area contributed by atoms with Crippen molar-refractivity contribution in [3.8, 4) is 5.75 Å². The molecule has 7 nitrogen and oxygen atoms in total. The van der Waals surface area contributed by atoms with Crippen molar-refractivity contribution in [2.75, 3.05) is 37.7 Å². The monoisotopic (exact) mass is 369 g/mol. The third-order valence-corrected chi connectivity index (χ3v) is 5.04. The maximum Gasteiger partial charge on any atom is 0.255 e. The molecule has 2 rings (SSSR count). The fourth-order valence-electron chi connectivity index (χ4n) is 3.33. The molecule has 0 saturated carbocycles. The van der Waals surface area contributed by atoms with Gasteiger partial charge in [0, 0.05) is 18.3 Å². The molecule has 1 aliphatic heterocycles. The predicted octanol–water partition coefficient (Wildman–Crippen LogP) is 1.59. The number of likely N-dealkylation sites (tertiary alicyclic amines) is 1. The number of nitrogens with zero attached hydrogens (tertiary/aromatic N) is 1. The Morgan fingerprint density at radius 1 is 1.40 bits per heavy atom. The maximum atomic E-state index is 12.7. The van der Waals surface area contributed by atoms with Gasteiger partial charge in [-0.15, -0.1) is 0 Å². The summed E-state index contributed by atoms with van der Waals surface area (Å²) in [6.45, 7) is 6.49. The van der Waals surface area contributed by atoms with Crippen molar-refractivity contribution in [2.24, 2.45) is 0 Å². The number of hydrogen-bond donors (Lipinski definition) is 2. The minimum absolute atomic E-state index is 0.264. The fourth-order valence-corrected chi connectivity index (χ4v) is 3.88. The number of nitrogens with one attached hydrogen (secondary N) is 2. The molecule has 1 aliphatic rings. The van der Waals surface area contributed by atoms with E-state index in [-0.39, 0.29) is 5.91 Å². The normalized spacial score (nSPS) is 18.2. The van der Waals surface area contributed by atoms with E-state index in [2.05, 4.69) is 21.9 Å². The minimum atomic E-state index is -3.42. The van der Waals surface area contributed by atoms with E-state index in [4.69, 9.17) is 4.74 Å². The van der Waals surface area contributed by atoms with E-state index in [0.717, 1.165) is 32.2 Å². The number of benzene rings is 1. The number of anilines is 1. The number of likely N-dealkylation sites (N-methyl/N-ethyl adjacent to an activating group) is 1. The van der Waals surface area contributed by atoms with Crippen molar-refractivity contribution in [1.29, 1.82) is 0 Å². The van der Waals surface area contributed by atoms with E-state index in [1.54, 1.807) is 13.0 Å². The smallest absolute Gasteiger partial charge is 0.255 e. The molecule has 25 heavy (non-hydrogen) atoms. The third kappa shape index (κ3) is 5.09. The van der Waals surface area contributed by atoms with Crippen LogP contribution in [-0.4, -0.2) is 58.3 Å². The molecule has 0 spiro atoms. The van der Waals surface area contributed by atoms with Crippen molar-refractivity contribution in [3.63, 3.8) is 0 Å². The Morgan fingerprint density at radius 2 is 2.12 bits per heavy atom. The van der Waals surface area contributed by atoms with Gasteiger partial charge in [-0.25, -0.2) is 8.42 Å². The van der Waals surface area contributed by atoms with Crippen LogP contribution in [0, 0.1) is 6.92 Å². The average Bonchev–Trinajstić information content (AvgIpc) is 2.98. The van der Waals surface area contributed by atoms with Crippen LogP contribution < -0.4 is 14.8 Å². The molecule has 1 atom stereocenters. The van der Waals surface area contributed by atoms with Gasteiger partial charge in [-0.1, -0.05) is 6.92 Å². The molecular weight excluding hydrogens is 342 g/mol. The highest BCUT2D eigenvalue weighted by Crippen LogP contribution is 2.28. The van der Waals surface area contributed by atoms with Crippen LogP contribution in [0.2, 0.25) is 0 Å². The predicted molar refractivity (Wildman–Crippen MR) is 98.8 cm³/mol. The van der Waals surface area contributed by atoms with Gasteiger partial charge in [0.2, 0.25) is 10.0 Å². The lowest BCUT2D eigenvalue weighted by molar-refractivity contribution is 0.0938. The highest BCUT2D eigenvalue weighted by molar-refractivity contribution is 7.92. The first-order chi connectivity index (χ1) is 11.7. The molecule has 140 valence electrons. The summed E-state index contributed by atoms with van der Waals surface area (Å²) < 4.78 is 30.7. The summed E-state index contributed by atoms with van der Waals surface area (Å²) in [5.41, 5.74) is 1.37. The molecule has 1 heterocycles. The highest BCUT2D eigenvalue weighted by atomic mass is 32.2. The summed E-state index contributed by atoms with van der Waals surface area (Å²) in [4.78, 5) is 15.0. The number of methoxy groups -OCH3 is 1. The highest BCUT2D eigenvalue weighted by Gasteiger charge is 2.24. The Balaban J connectivity index is 2.19. The topological polar surface area (TPSA) is 87.7 Å². The van der Waals surface area contributed by atoms with Crippen molar-refractivity contribution in [1.82, 2.24) is 10.2 Å². The molecule has 1 fully saturated rings. The lowest BCUT2D eigenvalue weighted by Crippen LogP contribution is -2.40. The maximum absolute atomic E-state index is 12.7. The number of carbonyl (C=O) groups excluding carboxylic acids is 1. The summed E-state index contributed by atoms with van der Waals surface area (Å²) in [6.07, 6.45) is 3.29. The van der Waals surface area contributed by atoms with Crippen LogP contribution in [0.5, 0.6) is 5.75 Å². The minimum Gasteiger partial charge on any atom is -0.496 e. The quantitative estimate of drug-likeness (QED) is 0.762. The molecule has 0 radical (unpaired) electrons. The lowest BCUT2D eigenvalue weighted by atomic mass is 10.1. The van der Waals surface area contributed by atoms with Crippen LogP contribution in [0.4, 0.5) is 5.69 Å². The second-order valence-corrected chi connectivity index (χ2v) is 8.13. The molecule has 0 aliphatic carbocycles. The summed E-state index contributed by atoms with van der Waals surface area (Å²) in [5.74, 6) is 0.190. The third-order valence-electron chi connectivity index (χ3n) is 4.43. The number of sulfonamides is 1. The van der Waals surface area contributed by atoms with Crippen LogP contribution in [0.15, 0.2) is 12.1 Å². The first kappa shape index (κ1) is 19.5. The first-order valence-corrected chi connectivity index (χ1v) is 10.3. The molecule has 0 bridgehead atoms. The summed E-state index contributed by atoms with van der Waals surface area (Å²) in [7, 11) is -1.92. The van der Waals surface area contributed by atoms with Crippen molar-refractivity contribution >= 4 is 21.6 Å². The van der Waals surface area contributed by atoms with Gasteiger partial charge < -0.3 is 10.1 Å². The molecular formula is C17H27N3O4S. The van der Waals surface area contributed by atoms with E-state index in [9.17, 15) is 13.2 Å². The van der Waals surface area contributed by atoms with E-state index < -0.39 is 10.0 Å². The second kappa shape index (κ2) is 8.05. The Labute approximate surface area is 149 Å². The van der Waals surface area contributed by atoms with Gasteiger partial charge >= 0.3 is 0 Å². The lowest BCUT2D eigenvalue weighted by Gasteiger charge is -2.23. The standard InChI is InChI=1S/C17H27N3O4S/c1-5-20-8-6-7-14(20)11-18-17(21)15-10-13(19-25(4,22)23)9-12(2)16(15)24-3/h9-10,14,19H,5-8,11H2,1-4H3,(H,18,21). The van der Waals surface area contributed by atoms with Crippen LogP contribution in [0.25, 0.3) is 0 Å². The number of amides is 1. The van der Waals surface area contributed by atoms with Gasteiger partial charge in [-0.2, -0.15) is 0 Å². The number of ether oxygens (including phenoxy) is 1. The van der Waals surface area contributed by atoms with Crippen molar-refractivity contribution in [2.45, 2.75) is 32.7 Å². The van der Waals surface area contributed by atoms with Gasteiger partial charge in [0.15, 0.2) is 0 Å². The van der Waals surface area contributed by atoms with Crippen LogP contribution in [-0.2, 0) is 10.0 Å². The molecule has 1 amide bonds.